The predicted octanol–water partition coefficient (Wildman–Crippen LogP) is 2.53. The molecule has 82 valence electrons. The van der Waals surface area contributed by atoms with Crippen LogP contribution in [0.1, 0.15) is 35.7 Å². The molecule has 15 heavy (non-hydrogen) atoms. The second kappa shape index (κ2) is 5.49. The molecule has 1 N–H and O–H groups in total. The maximum atomic E-state index is 13.2. The van der Waals surface area contributed by atoms with Crippen LogP contribution in [0.4, 0.5) is 4.39 Å². The fourth-order valence-corrected chi connectivity index (χ4v) is 1.45. The van der Waals surface area contributed by atoms with Crippen molar-refractivity contribution in [1.29, 1.82) is 0 Å². The van der Waals surface area contributed by atoms with E-state index >= 15 is 0 Å². The average Bonchev–Trinajstić information content (AvgIpc) is 2.24. The van der Waals surface area contributed by atoms with E-state index in [0.29, 0.717) is 5.56 Å². The molecule has 3 heteroatoms. The molecule has 0 unspecified atom stereocenters. The van der Waals surface area contributed by atoms with E-state index in [9.17, 15) is 9.18 Å². The van der Waals surface area contributed by atoms with Crippen molar-refractivity contribution in [3.63, 3.8) is 0 Å². The van der Waals surface area contributed by atoms with Crippen LogP contribution in [0.5, 0.6) is 0 Å². The van der Waals surface area contributed by atoms with Gasteiger partial charge < -0.3 is 5.32 Å². The zero-order valence-electron chi connectivity index (χ0n) is 9.14. The van der Waals surface area contributed by atoms with Crippen LogP contribution in [-0.2, 0) is 6.42 Å². The van der Waals surface area contributed by atoms with E-state index in [1.54, 1.807) is 13.1 Å². The quantitative estimate of drug-likeness (QED) is 0.811. The summed E-state index contributed by atoms with van der Waals surface area (Å²) in [7, 11) is 1.54. The van der Waals surface area contributed by atoms with Crippen LogP contribution in [0.15, 0.2) is 18.2 Å². The Morgan fingerprint density at radius 3 is 2.73 bits per heavy atom. The number of amides is 1. The van der Waals surface area contributed by atoms with Gasteiger partial charge in [0.05, 0.1) is 0 Å². The van der Waals surface area contributed by atoms with Gasteiger partial charge in [0.25, 0.3) is 5.91 Å². The molecule has 1 aromatic carbocycles. The highest BCUT2D eigenvalue weighted by atomic mass is 19.1. The highest BCUT2D eigenvalue weighted by molar-refractivity contribution is 5.94. The Morgan fingerprint density at radius 1 is 1.40 bits per heavy atom. The molecule has 0 radical (unpaired) electrons. The lowest BCUT2D eigenvalue weighted by molar-refractivity contribution is 0.0962. The fourth-order valence-electron chi connectivity index (χ4n) is 1.45. The number of aryl methyl sites for hydroxylation is 1. The van der Waals surface area contributed by atoms with Crippen molar-refractivity contribution < 1.29 is 9.18 Å². The number of carbonyl (C=O) groups excluding carboxylic acids is 1. The number of halogens is 1. The molecule has 0 aliphatic heterocycles. The maximum Gasteiger partial charge on any atom is 0.251 e. The summed E-state index contributed by atoms with van der Waals surface area (Å²) in [5, 5.41) is 2.49. The first-order valence-electron chi connectivity index (χ1n) is 5.19. The van der Waals surface area contributed by atoms with Gasteiger partial charge in [-0.15, -0.1) is 0 Å². The Labute approximate surface area is 89.5 Å². The van der Waals surface area contributed by atoms with Crippen molar-refractivity contribution in [3.05, 3.63) is 35.1 Å². The lowest BCUT2D eigenvalue weighted by atomic mass is 10.0. The third-order valence-electron chi connectivity index (χ3n) is 2.27. The molecule has 0 aliphatic rings. The summed E-state index contributed by atoms with van der Waals surface area (Å²) >= 11 is 0. The number of carbonyl (C=O) groups is 1. The van der Waals surface area contributed by atoms with E-state index in [2.05, 4.69) is 12.2 Å². The Hall–Kier alpha value is -1.38. The molecular weight excluding hydrogens is 193 g/mol. The molecule has 0 aromatic heterocycles. The zero-order valence-corrected chi connectivity index (χ0v) is 9.14. The van der Waals surface area contributed by atoms with Crippen molar-refractivity contribution in [2.75, 3.05) is 7.05 Å². The standard InChI is InChI=1S/C12H16FNO/c1-3-4-5-9-6-10(12(15)14-2)8-11(13)7-9/h6-8H,3-5H2,1-2H3,(H,14,15). The van der Waals surface area contributed by atoms with E-state index < -0.39 is 0 Å². The summed E-state index contributed by atoms with van der Waals surface area (Å²) in [6, 6.07) is 4.49. The van der Waals surface area contributed by atoms with Gasteiger partial charge in [0.15, 0.2) is 0 Å². The Bertz CT molecular complexity index is 349. The summed E-state index contributed by atoms with van der Waals surface area (Å²) in [4.78, 5) is 11.3. The van der Waals surface area contributed by atoms with Gasteiger partial charge in [0.2, 0.25) is 0 Å². The van der Waals surface area contributed by atoms with Gasteiger partial charge in [-0.05, 0) is 36.6 Å². The van der Waals surface area contributed by atoms with E-state index in [0.717, 1.165) is 24.8 Å². The molecule has 1 aromatic rings. The molecule has 0 fully saturated rings. The first kappa shape index (κ1) is 11.7. The Morgan fingerprint density at radius 2 is 2.13 bits per heavy atom. The molecule has 0 atom stereocenters. The van der Waals surface area contributed by atoms with Gasteiger partial charge >= 0.3 is 0 Å². The van der Waals surface area contributed by atoms with Crippen LogP contribution >= 0.6 is 0 Å². The second-order valence-corrected chi connectivity index (χ2v) is 3.53. The smallest absolute Gasteiger partial charge is 0.251 e. The van der Waals surface area contributed by atoms with Crippen molar-refractivity contribution in [1.82, 2.24) is 5.32 Å². The predicted molar refractivity (Wildman–Crippen MR) is 58.4 cm³/mol. The second-order valence-electron chi connectivity index (χ2n) is 3.53. The number of hydrogen-bond acceptors (Lipinski definition) is 1. The monoisotopic (exact) mass is 209 g/mol. The summed E-state index contributed by atoms with van der Waals surface area (Å²) in [5.74, 6) is -0.588. The van der Waals surface area contributed by atoms with E-state index in [1.165, 1.54) is 12.1 Å². The lowest BCUT2D eigenvalue weighted by Crippen LogP contribution is -2.18. The number of nitrogens with one attached hydrogen (secondary N) is 1. The molecule has 0 heterocycles. The molecule has 0 aliphatic carbocycles. The first-order valence-corrected chi connectivity index (χ1v) is 5.19. The summed E-state index contributed by atoms with van der Waals surface area (Å²) in [6.07, 6.45) is 2.89. The zero-order chi connectivity index (χ0) is 11.3. The van der Waals surface area contributed by atoms with E-state index in [-0.39, 0.29) is 11.7 Å². The van der Waals surface area contributed by atoms with Gasteiger partial charge in [-0.3, -0.25) is 4.79 Å². The van der Waals surface area contributed by atoms with Crippen LogP contribution in [0.25, 0.3) is 0 Å². The Balaban J connectivity index is 2.89. The van der Waals surface area contributed by atoms with Crippen molar-refractivity contribution in [3.8, 4) is 0 Å². The van der Waals surface area contributed by atoms with Gasteiger partial charge in [-0.2, -0.15) is 0 Å². The van der Waals surface area contributed by atoms with E-state index in [1.807, 2.05) is 0 Å². The van der Waals surface area contributed by atoms with Gasteiger partial charge in [-0.25, -0.2) is 4.39 Å². The molecular formula is C12H16FNO. The molecule has 2 nitrogen and oxygen atoms in total. The molecule has 1 amide bonds. The van der Waals surface area contributed by atoms with Gasteiger partial charge in [0, 0.05) is 12.6 Å². The summed E-state index contributed by atoms with van der Waals surface area (Å²) in [5.41, 5.74) is 1.28. The van der Waals surface area contributed by atoms with Crippen LogP contribution in [0, 0.1) is 5.82 Å². The van der Waals surface area contributed by atoms with Crippen molar-refractivity contribution in [2.24, 2.45) is 0 Å². The molecule has 0 saturated heterocycles. The Kier molecular flexibility index (Phi) is 4.28. The van der Waals surface area contributed by atoms with E-state index in [4.69, 9.17) is 0 Å². The van der Waals surface area contributed by atoms with Crippen molar-refractivity contribution >= 4 is 5.91 Å². The minimum atomic E-state index is -0.345. The SMILES string of the molecule is CCCCc1cc(F)cc(C(=O)NC)c1. The van der Waals surface area contributed by atoms with Crippen LogP contribution in [-0.4, -0.2) is 13.0 Å². The number of hydrogen-bond donors (Lipinski definition) is 1. The molecule has 0 spiro atoms. The summed E-state index contributed by atoms with van der Waals surface area (Å²) in [6.45, 7) is 2.08. The van der Waals surface area contributed by atoms with Crippen molar-refractivity contribution in [2.45, 2.75) is 26.2 Å². The van der Waals surface area contributed by atoms with Crippen LogP contribution in [0.3, 0.4) is 0 Å². The normalized spacial score (nSPS) is 10.1. The fraction of sp³-hybridized carbons (Fsp3) is 0.417. The molecule has 0 saturated carbocycles. The largest absolute Gasteiger partial charge is 0.355 e. The average molecular weight is 209 g/mol. The lowest BCUT2D eigenvalue weighted by Gasteiger charge is -2.04. The number of benzene rings is 1. The van der Waals surface area contributed by atoms with Gasteiger partial charge in [0.1, 0.15) is 5.82 Å². The molecule has 1 rings (SSSR count). The minimum Gasteiger partial charge on any atom is -0.355 e. The first-order chi connectivity index (χ1) is 7.17. The topological polar surface area (TPSA) is 29.1 Å². The third-order valence-corrected chi connectivity index (χ3v) is 2.27. The van der Waals surface area contributed by atoms with Gasteiger partial charge in [-0.1, -0.05) is 13.3 Å². The highest BCUT2D eigenvalue weighted by Crippen LogP contribution is 2.12. The summed E-state index contributed by atoms with van der Waals surface area (Å²) < 4.78 is 13.2. The van der Waals surface area contributed by atoms with Crippen LogP contribution in [0.2, 0.25) is 0 Å². The maximum absolute atomic E-state index is 13.2. The minimum absolute atomic E-state index is 0.243. The van der Waals surface area contributed by atoms with Crippen LogP contribution < -0.4 is 5.32 Å². The highest BCUT2D eigenvalue weighted by Gasteiger charge is 2.06. The number of unbranched alkanes of at least 4 members (excludes halogenated alkanes) is 1. The third kappa shape index (κ3) is 3.35. The molecule has 0 bridgehead atoms. The number of rotatable bonds is 4.